The van der Waals surface area contributed by atoms with Crippen molar-refractivity contribution in [1.82, 2.24) is 14.3 Å². The minimum Gasteiger partial charge on any atom is -0.349 e. The molecule has 17 heavy (non-hydrogen) atoms. The molecule has 1 rings (SSSR count). The molecule has 96 valence electrons. The standard InChI is InChI=1S/C8H11F3N4OS/c1-4(5(16)15(2)3)12-7-13-6(14-17-7)8(9,10)11/h4H,1-3H3,(H,12,13,14). The summed E-state index contributed by atoms with van der Waals surface area (Å²) in [6, 6.07) is -0.654. The van der Waals surface area contributed by atoms with Crippen LogP contribution in [0.4, 0.5) is 18.3 Å². The van der Waals surface area contributed by atoms with Gasteiger partial charge in [-0.2, -0.15) is 22.5 Å². The molecule has 0 aliphatic rings. The molecule has 9 heteroatoms. The fourth-order valence-corrected chi connectivity index (χ4v) is 1.71. The number of rotatable bonds is 3. The van der Waals surface area contributed by atoms with Crippen LogP contribution in [0.2, 0.25) is 0 Å². The van der Waals surface area contributed by atoms with Crippen LogP contribution in [-0.4, -0.2) is 40.3 Å². The molecule has 1 atom stereocenters. The number of likely N-dealkylation sites (N-methyl/N-ethyl adjacent to an activating group) is 1. The summed E-state index contributed by atoms with van der Waals surface area (Å²) in [6.45, 7) is 1.54. The number of aromatic nitrogens is 2. The Labute approximate surface area is 99.8 Å². The first kappa shape index (κ1) is 13.7. The van der Waals surface area contributed by atoms with E-state index in [1.165, 1.54) is 11.8 Å². The Kier molecular flexibility index (Phi) is 3.91. The summed E-state index contributed by atoms with van der Waals surface area (Å²) in [5.41, 5.74) is 0. The van der Waals surface area contributed by atoms with Gasteiger partial charge in [0.2, 0.25) is 16.9 Å². The van der Waals surface area contributed by atoms with Crippen LogP contribution in [0, 0.1) is 0 Å². The summed E-state index contributed by atoms with van der Waals surface area (Å²) in [6.07, 6.45) is -4.56. The van der Waals surface area contributed by atoms with Crippen LogP contribution in [0.25, 0.3) is 0 Å². The number of carbonyl (C=O) groups is 1. The lowest BCUT2D eigenvalue weighted by molar-refractivity contribution is -0.144. The number of hydrogen-bond donors (Lipinski definition) is 1. The van der Waals surface area contributed by atoms with E-state index in [0.717, 1.165) is 0 Å². The van der Waals surface area contributed by atoms with Gasteiger partial charge in [0.1, 0.15) is 6.04 Å². The Hall–Kier alpha value is -1.38. The molecule has 0 bridgehead atoms. The lowest BCUT2D eigenvalue weighted by Crippen LogP contribution is -2.36. The number of halogens is 3. The van der Waals surface area contributed by atoms with Crippen LogP contribution in [-0.2, 0) is 11.0 Å². The first-order valence-corrected chi connectivity index (χ1v) is 5.37. The summed E-state index contributed by atoms with van der Waals surface area (Å²) in [7, 11) is 3.11. The number of nitrogens with one attached hydrogen (secondary N) is 1. The molecule has 1 N–H and O–H groups in total. The monoisotopic (exact) mass is 268 g/mol. The van der Waals surface area contributed by atoms with E-state index in [4.69, 9.17) is 0 Å². The molecule has 0 aromatic carbocycles. The molecule has 1 aromatic rings. The Balaban J connectivity index is 2.70. The zero-order valence-corrected chi connectivity index (χ0v) is 10.2. The van der Waals surface area contributed by atoms with Crippen molar-refractivity contribution < 1.29 is 18.0 Å². The molecule has 0 spiro atoms. The van der Waals surface area contributed by atoms with Crippen LogP contribution < -0.4 is 5.32 Å². The number of amides is 1. The van der Waals surface area contributed by atoms with Crippen molar-refractivity contribution in [2.24, 2.45) is 0 Å². The first-order valence-electron chi connectivity index (χ1n) is 4.60. The van der Waals surface area contributed by atoms with Crippen molar-refractivity contribution in [3.05, 3.63) is 5.82 Å². The Morgan fingerprint density at radius 2 is 2.06 bits per heavy atom. The van der Waals surface area contributed by atoms with Gasteiger partial charge in [-0.3, -0.25) is 4.79 Å². The van der Waals surface area contributed by atoms with Crippen LogP contribution >= 0.6 is 11.5 Å². The topological polar surface area (TPSA) is 58.1 Å². The Morgan fingerprint density at radius 3 is 2.47 bits per heavy atom. The molecule has 0 radical (unpaired) electrons. The lowest BCUT2D eigenvalue weighted by Gasteiger charge is -2.16. The molecule has 1 heterocycles. The first-order chi connectivity index (χ1) is 7.71. The largest absolute Gasteiger partial charge is 0.452 e. The van der Waals surface area contributed by atoms with E-state index in [0.29, 0.717) is 11.5 Å². The van der Waals surface area contributed by atoms with E-state index >= 15 is 0 Å². The van der Waals surface area contributed by atoms with Crippen LogP contribution in [0.15, 0.2) is 0 Å². The zero-order chi connectivity index (χ0) is 13.2. The summed E-state index contributed by atoms with van der Waals surface area (Å²) < 4.78 is 39.8. The molecule has 0 aliphatic carbocycles. The highest BCUT2D eigenvalue weighted by molar-refractivity contribution is 7.09. The maximum absolute atomic E-state index is 12.2. The SMILES string of the molecule is CC(Nc1nc(C(F)(F)F)ns1)C(=O)N(C)C. The molecule has 1 unspecified atom stereocenters. The predicted molar refractivity (Wildman–Crippen MR) is 56.7 cm³/mol. The maximum Gasteiger partial charge on any atom is 0.452 e. The van der Waals surface area contributed by atoms with Crippen molar-refractivity contribution in [3.63, 3.8) is 0 Å². The normalized spacial score (nSPS) is 13.3. The number of alkyl halides is 3. The van der Waals surface area contributed by atoms with Crippen molar-refractivity contribution in [2.45, 2.75) is 19.1 Å². The second-order valence-corrected chi connectivity index (χ2v) is 4.27. The van der Waals surface area contributed by atoms with E-state index in [9.17, 15) is 18.0 Å². The number of nitrogens with zero attached hydrogens (tertiary/aromatic N) is 3. The predicted octanol–water partition coefficient (Wildman–Crippen LogP) is 1.45. The van der Waals surface area contributed by atoms with Gasteiger partial charge in [0.05, 0.1) is 0 Å². The summed E-state index contributed by atoms with van der Waals surface area (Å²) in [5, 5.41) is 2.54. The molecular weight excluding hydrogens is 257 g/mol. The van der Waals surface area contributed by atoms with Gasteiger partial charge in [-0.15, -0.1) is 0 Å². The highest BCUT2D eigenvalue weighted by Crippen LogP contribution is 2.29. The fraction of sp³-hybridized carbons (Fsp3) is 0.625. The zero-order valence-electron chi connectivity index (χ0n) is 9.37. The van der Waals surface area contributed by atoms with Gasteiger partial charge in [0.25, 0.3) is 0 Å². The molecule has 0 saturated carbocycles. The fourth-order valence-electron chi connectivity index (χ4n) is 1.03. The maximum atomic E-state index is 12.2. The number of carbonyl (C=O) groups excluding carboxylic acids is 1. The summed E-state index contributed by atoms with van der Waals surface area (Å²) in [5.74, 6) is -1.46. The number of anilines is 1. The molecule has 0 fully saturated rings. The minimum absolute atomic E-state index is 0.0278. The van der Waals surface area contributed by atoms with Gasteiger partial charge >= 0.3 is 6.18 Å². The van der Waals surface area contributed by atoms with E-state index in [2.05, 4.69) is 14.7 Å². The van der Waals surface area contributed by atoms with Gasteiger partial charge in [-0.05, 0) is 6.92 Å². The summed E-state index contributed by atoms with van der Waals surface area (Å²) in [4.78, 5) is 16.0. The quantitative estimate of drug-likeness (QED) is 0.901. The van der Waals surface area contributed by atoms with Gasteiger partial charge in [-0.25, -0.2) is 0 Å². The second kappa shape index (κ2) is 4.86. The van der Waals surface area contributed by atoms with Gasteiger partial charge in [-0.1, -0.05) is 0 Å². The average Bonchev–Trinajstić information content (AvgIpc) is 2.64. The van der Waals surface area contributed by atoms with Crippen molar-refractivity contribution in [2.75, 3.05) is 19.4 Å². The third-order valence-corrected chi connectivity index (χ3v) is 2.48. The van der Waals surface area contributed by atoms with Crippen LogP contribution in [0.3, 0.4) is 0 Å². The molecule has 1 amide bonds. The highest BCUT2D eigenvalue weighted by Gasteiger charge is 2.36. The third kappa shape index (κ3) is 3.55. The lowest BCUT2D eigenvalue weighted by atomic mass is 10.3. The van der Waals surface area contributed by atoms with E-state index in [1.807, 2.05) is 0 Å². The Morgan fingerprint density at radius 1 is 1.47 bits per heavy atom. The molecule has 0 saturated heterocycles. The second-order valence-electron chi connectivity index (χ2n) is 3.52. The molecule has 0 aliphatic heterocycles. The number of hydrogen-bond acceptors (Lipinski definition) is 5. The van der Waals surface area contributed by atoms with Gasteiger partial charge < -0.3 is 10.2 Å². The van der Waals surface area contributed by atoms with Crippen LogP contribution in [0.1, 0.15) is 12.7 Å². The van der Waals surface area contributed by atoms with Crippen molar-refractivity contribution >= 4 is 22.6 Å². The van der Waals surface area contributed by atoms with E-state index in [1.54, 1.807) is 14.1 Å². The third-order valence-electron chi connectivity index (χ3n) is 1.83. The minimum atomic E-state index is -4.56. The van der Waals surface area contributed by atoms with Gasteiger partial charge in [0, 0.05) is 25.6 Å². The Bertz CT molecular complexity index is 404. The molecular formula is C8H11F3N4OS. The van der Waals surface area contributed by atoms with Gasteiger partial charge in [0.15, 0.2) is 0 Å². The van der Waals surface area contributed by atoms with Crippen LogP contribution in [0.5, 0.6) is 0 Å². The van der Waals surface area contributed by atoms with E-state index in [-0.39, 0.29) is 11.0 Å². The van der Waals surface area contributed by atoms with E-state index < -0.39 is 18.0 Å². The molecule has 1 aromatic heterocycles. The van der Waals surface area contributed by atoms with Crippen molar-refractivity contribution in [1.29, 1.82) is 0 Å². The molecule has 5 nitrogen and oxygen atoms in total. The van der Waals surface area contributed by atoms with Crippen molar-refractivity contribution in [3.8, 4) is 0 Å². The smallest absolute Gasteiger partial charge is 0.349 e. The average molecular weight is 268 g/mol. The summed E-state index contributed by atoms with van der Waals surface area (Å²) >= 11 is 0.571. The highest BCUT2D eigenvalue weighted by atomic mass is 32.1.